The molecule has 2 N–H and O–H groups in total. The number of ether oxygens (including phenoxy) is 2. The molecule has 0 unspecified atom stereocenters. The first-order chi connectivity index (χ1) is 30.0. The van der Waals surface area contributed by atoms with Crippen LogP contribution in [0, 0.1) is 17.0 Å². The summed E-state index contributed by atoms with van der Waals surface area (Å²) in [7, 11) is -3.62. The third kappa shape index (κ3) is 10.1. The maximum absolute atomic E-state index is 13.6. The summed E-state index contributed by atoms with van der Waals surface area (Å²) in [5.74, 6) is 0.450. The van der Waals surface area contributed by atoms with E-state index in [-0.39, 0.29) is 41.0 Å². The predicted molar refractivity (Wildman–Crippen MR) is 233 cm³/mol. The molecule has 8 rings (SSSR count). The van der Waals surface area contributed by atoms with Gasteiger partial charge in [-0.3, -0.25) is 8.80 Å². The summed E-state index contributed by atoms with van der Waals surface area (Å²) in [6, 6.07) is 15.4. The van der Waals surface area contributed by atoms with Crippen molar-refractivity contribution in [2.24, 2.45) is 5.41 Å². The van der Waals surface area contributed by atoms with Gasteiger partial charge in [-0.15, -0.1) is 0 Å². The van der Waals surface area contributed by atoms with E-state index in [2.05, 4.69) is 35.2 Å². The van der Waals surface area contributed by atoms with Crippen LogP contribution in [0.4, 0.5) is 14.7 Å². The molecule has 0 spiro atoms. The molecule has 2 aromatic carbocycles. The number of hydrogen-bond donors (Lipinski definition) is 2. The highest BCUT2D eigenvalue weighted by atomic mass is 32.2. The van der Waals surface area contributed by atoms with Gasteiger partial charge < -0.3 is 19.9 Å². The highest BCUT2D eigenvalue weighted by Gasteiger charge is 2.24. The fourth-order valence-corrected chi connectivity index (χ4v) is 6.75. The Labute approximate surface area is 362 Å². The van der Waals surface area contributed by atoms with E-state index < -0.39 is 9.84 Å². The fraction of sp³-hybridized carbons (Fsp3) is 0.273. The van der Waals surface area contributed by atoms with E-state index in [0.717, 1.165) is 11.8 Å². The van der Waals surface area contributed by atoms with Crippen LogP contribution in [0.25, 0.3) is 56.6 Å². The van der Waals surface area contributed by atoms with Crippen molar-refractivity contribution >= 4 is 27.1 Å². The van der Waals surface area contributed by atoms with E-state index >= 15 is 0 Å². The number of anilines is 1. The van der Waals surface area contributed by atoms with E-state index in [0.29, 0.717) is 75.3 Å². The van der Waals surface area contributed by atoms with Crippen molar-refractivity contribution < 1.29 is 31.8 Å². The molecule has 16 nitrogen and oxygen atoms in total. The van der Waals surface area contributed by atoms with Gasteiger partial charge in [0.05, 0.1) is 46.4 Å². The standard InChI is InChI=1S/C24H27FN6O2.C20H18FN5O3S/c1-15(2)33-22-21-30-19(16-5-7-17(25)8-6-16)20(31(21)12-11-26-22)18-9-10-27-23(29-18)28-13-24(3,4)14-32;1-12(2)29-19-18-25-16(13-4-6-14(21)7-5-13)17(26(18)11-10-22-19)15-8-9-23-20(24-15)30(3,27)28/h5-12,15,32H,13-14H2,1-4H3,(H,27,28,29);4-12H,1-3H3. The van der Waals surface area contributed by atoms with Crippen LogP contribution >= 0.6 is 0 Å². The Morgan fingerprint density at radius 1 is 0.667 bits per heavy atom. The van der Waals surface area contributed by atoms with Crippen LogP contribution in [0.2, 0.25) is 0 Å². The Hall–Kier alpha value is -6.99. The van der Waals surface area contributed by atoms with E-state index in [1.165, 1.54) is 30.5 Å². The normalized spacial score (nSPS) is 11.9. The highest BCUT2D eigenvalue weighted by molar-refractivity contribution is 7.90. The number of aromatic nitrogens is 10. The minimum Gasteiger partial charge on any atom is -0.472 e. The molecule has 0 bridgehead atoms. The van der Waals surface area contributed by atoms with E-state index in [1.54, 1.807) is 71.8 Å². The fourth-order valence-electron chi connectivity index (χ4n) is 6.23. The van der Waals surface area contributed by atoms with Crippen molar-refractivity contribution in [2.75, 3.05) is 24.7 Å². The number of aliphatic hydroxyl groups is 1. The molecule has 6 heterocycles. The lowest BCUT2D eigenvalue weighted by Crippen LogP contribution is -2.27. The molecule has 63 heavy (non-hydrogen) atoms. The zero-order chi connectivity index (χ0) is 45.1. The number of hydrogen-bond acceptors (Lipinski definition) is 14. The largest absolute Gasteiger partial charge is 0.472 e. The molecule has 0 saturated carbocycles. The van der Waals surface area contributed by atoms with E-state index in [1.807, 2.05) is 45.9 Å². The Morgan fingerprint density at radius 2 is 1.13 bits per heavy atom. The molecule has 326 valence electrons. The van der Waals surface area contributed by atoms with Gasteiger partial charge in [-0.05, 0) is 88.4 Å². The maximum Gasteiger partial charge on any atom is 0.258 e. The summed E-state index contributed by atoms with van der Waals surface area (Å²) >= 11 is 0. The third-order valence-electron chi connectivity index (χ3n) is 9.21. The summed E-state index contributed by atoms with van der Waals surface area (Å²) in [5.41, 5.74) is 5.31. The van der Waals surface area contributed by atoms with Crippen LogP contribution in [0.3, 0.4) is 0 Å². The van der Waals surface area contributed by atoms with Crippen LogP contribution in [-0.4, -0.2) is 93.8 Å². The monoisotopic (exact) mass is 877 g/mol. The molecule has 0 aliphatic rings. The van der Waals surface area contributed by atoms with Gasteiger partial charge in [-0.2, -0.15) is 0 Å². The first-order valence-electron chi connectivity index (χ1n) is 19.8. The lowest BCUT2D eigenvalue weighted by atomic mass is 9.95. The summed E-state index contributed by atoms with van der Waals surface area (Å²) in [4.78, 5) is 35.2. The molecular weight excluding hydrogens is 833 g/mol. The minimum atomic E-state index is -3.62. The number of imidazole rings is 2. The van der Waals surface area contributed by atoms with E-state index in [4.69, 9.17) is 19.4 Å². The Kier molecular flexibility index (Phi) is 12.7. The van der Waals surface area contributed by atoms with Crippen molar-refractivity contribution in [3.63, 3.8) is 0 Å². The Balaban J connectivity index is 0.000000190. The van der Waals surface area contributed by atoms with E-state index in [9.17, 15) is 22.3 Å². The Bertz CT molecular complexity index is 3000. The van der Waals surface area contributed by atoms with Gasteiger partial charge in [-0.1, -0.05) is 13.8 Å². The van der Waals surface area contributed by atoms with Gasteiger partial charge in [0.25, 0.3) is 11.8 Å². The number of fused-ring (bicyclic) bond motifs is 2. The third-order valence-corrected chi connectivity index (χ3v) is 10.1. The molecule has 8 aromatic rings. The van der Waals surface area contributed by atoms with Gasteiger partial charge in [0.15, 0.2) is 0 Å². The van der Waals surface area contributed by atoms with Crippen LogP contribution < -0.4 is 14.8 Å². The quantitative estimate of drug-likeness (QED) is 0.109. The number of halogens is 2. The summed E-state index contributed by atoms with van der Waals surface area (Å²) in [5, 5.41) is 12.4. The summed E-state index contributed by atoms with van der Waals surface area (Å²) < 4.78 is 66.3. The molecule has 0 radical (unpaired) electrons. The number of rotatable bonds is 13. The van der Waals surface area contributed by atoms with Crippen LogP contribution in [0.1, 0.15) is 41.5 Å². The van der Waals surface area contributed by atoms with Gasteiger partial charge in [0.1, 0.15) is 11.6 Å². The zero-order valence-electron chi connectivity index (χ0n) is 35.5. The molecule has 0 saturated heterocycles. The molecule has 0 fully saturated rings. The molecule has 6 aromatic heterocycles. The van der Waals surface area contributed by atoms with Crippen LogP contribution in [-0.2, 0) is 9.84 Å². The summed E-state index contributed by atoms with van der Waals surface area (Å²) in [6.45, 7) is 12.0. The lowest BCUT2D eigenvalue weighted by Gasteiger charge is -2.21. The molecular formula is C44H45F2N11O5S. The second kappa shape index (κ2) is 18.2. The molecule has 0 aliphatic heterocycles. The number of sulfone groups is 1. The van der Waals surface area contributed by atoms with Crippen molar-refractivity contribution in [1.82, 2.24) is 48.7 Å². The average molecular weight is 878 g/mol. The van der Waals surface area contributed by atoms with Crippen molar-refractivity contribution in [3.05, 3.63) is 109 Å². The van der Waals surface area contributed by atoms with Crippen molar-refractivity contribution in [3.8, 4) is 57.1 Å². The Morgan fingerprint density at radius 3 is 1.57 bits per heavy atom. The number of benzene rings is 2. The van der Waals surface area contributed by atoms with Crippen LogP contribution in [0.5, 0.6) is 11.8 Å². The first-order valence-corrected chi connectivity index (χ1v) is 21.7. The molecule has 19 heteroatoms. The smallest absolute Gasteiger partial charge is 0.258 e. The molecule has 0 amide bonds. The molecule has 0 atom stereocenters. The number of nitrogens with zero attached hydrogens (tertiary/aromatic N) is 10. The topological polar surface area (TPSA) is 197 Å². The van der Waals surface area contributed by atoms with Gasteiger partial charge in [0.2, 0.25) is 32.2 Å². The van der Waals surface area contributed by atoms with Gasteiger partial charge in [-0.25, -0.2) is 57.1 Å². The maximum atomic E-state index is 13.6. The minimum absolute atomic E-state index is 0.0350. The zero-order valence-corrected chi connectivity index (χ0v) is 36.3. The van der Waals surface area contributed by atoms with Crippen molar-refractivity contribution in [1.29, 1.82) is 0 Å². The second-order valence-corrected chi connectivity index (χ2v) is 17.7. The second-order valence-electron chi connectivity index (χ2n) is 15.8. The average Bonchev–Trinajstić information content (AvgIpc) is 3.84. The number of aliphatic hydroxyl groups excluding tert-OH is 1. The van der Waals surface area contributed by atoms with Crippen molar-refractivity contribution in [2.45, 2.75) is 58.9 Å². The predicted octanol–water partition coefficient (Wildman–Crippen LogP) is 7.39. The molecule has 0 aliphatic carbocycles. The van der Waals surface area contributed by atoms with Crippen LogP contribution in [0.15, 0.2) is 103 Å². The number of nitrogens with one attached hydrogen (secondary N) is 1. The highest BCUT2D eigenvalue weighted by Crippen LogP contribution is 2.36. The first kappa shape index (κ1) is 44.1. The van der Waals surface area contributed by atoms with Gasteiger partial charge >= 0.3 is 0 Å². The van der Waals surface area contributed by atoms with Gasteiger partial charge in [0, 0.05) is 73.1 Å². The SMILES string of the molecule is CC(C)Oc1nccn2c(-c3ccnc(NCC(C)(C)CO)n3)c(-c3ccc(F)cc3)nc12.CC(C)Oc1nccn2c(-c3ccnc(S(C)(=O)=O)n3)c(-c3ccc(F)cc3)nc12. The lowest BCUT2D eigenvalue weighted by molar-refractivity contribution is 0.170. The summed E-state index contributed by atoms with van der Waals surface area (Å²) in [6.07, 6.45) is 10.5.